The summed E-state index contributed by atoms with van der Waals surface area (Å²) < 4.78 is 10.9. The molecule has 0 aliphatic carbocycles. The Bertz CT molecular complexity index is 1140. The van der Waals surface area contributed by atoms with Crippen LogP contribution in [0.15, 0.2) is 97.1 Å². The fraction of sp³-hybridized carbons (Fsp3) is 0.353. The molecular weight excluding hydrogens is 558 g/mol. The molecule has 0 aromatic heterocycles. The van der Waals surface area contributed by atoms with Crippen molar-refractivity contribution in [3.63, 3.8) is 0 Å². The van der Waals surface area contributed by atoms with Gasteiger partial charge in [0.15, 0.2) is 0 Å². The molecule has 0 amide bonds. The first kappa shape index (κ1) is 33.3. The van der Waals surface area contributed by atoms with E-state index >= 15 is 0 Å². The van der Waals surface area contributed by atoms with Crippen molar-refractivity contribution in [1.29, 1.82) is 0 Å². The van der Waals surface area contributed by atoms with Crippen LogP contribution in [0.2, 0.25) is 0 Å². The Morgan fingerprint density at radius 1 is 0.692 bits per heavy atom. The number of methoxy groups -OCH3 is 2. The second-order valence-electron chi connectivity index (χ2n) is 11.4. The Hall–Kier alpha value is -1.88. The van der Waals surface area contributed by atoms with Gasteiger partial charge in [-0.3, -0.25) is 0 Å². The zero-order valence-corrected chi connectivity index (χ0v) is 27.8. The van der Waals surface area contributed by atoms with E-state index < -0.39 is 7.92 Å². The summed E-state index contributed by atoms with van der Waals surface area (Å²) in [5, 5.41) is 4.68. The first-order valence-corrected chi connectivity index (χ1v) is 16.0. The monoisotopic (exact) mass is 602 g/mol. The number of hydrogen-bond acceptors (Lipinski definition) is 2. The van der Waals surface area contributed by atoms with E-state index in [1.807, 2.05) is 30.3 Å². The number of benzene rings is 2. The van der Waals surface area contributed by atoms with Crippen LogP contribution < -0.4 is 25.4 Å². The maximum absolute atomic E-state index is 5.44. The van der Waals surface area contributed by atoms with Gasteiger partial charge in [0.05, 0.1) is 14.2 Å². The molecule has 0 saturated carbocycles. The molecule has 5 heteroatoms. The van der Waals surface area contributed by atoms with Crippen LogP contribution in [0.1, 0.15) is 59.7 Å². The van der Waals surface area contributed by atoms with Crippen molar-refractivity contribution in [2.24, 2.45) is 0 Å². The van der Waals surface area contributed by atoms with Gasteiger partial charge in [0, 0.05) is 0 Å². The molecule has 2 nitrogen and oxygen atoms in total. The van der Waals surface area contributed by atoms with Crippen LogP contribution in [0.5, 0.6) is 11.5 Å². The third-order valence-corrected chi connectivity index (χ3v) is 13.0. The molecule has 0 radical (unpaired) electrons. The van der Waals surface area contributed by atoms with Crippen molar-refractivity contribution in [2.75, 3.05) is 14.2 Å². The molecule has 39 heavy (non-hydrogen) atoms. The van der Waals surface area contributed by atoms with E-state index in [0.29, 0.717) is 5.66 Å². The van der Waals surface area contributed by atoms with E-state index in [-0.39, 0.29) is 35.3 Å². The predicted molar refractivity (Wildman–Crippen MR) is 171 cm³/mol. The van der Waals surface area contributed by atoms with Crippen molar-refractivity contribution >= 4 is 31.8 Å². The molecule has 0 fully saturated rings. The molecule has 4 aromatic rings. The Morgan fingerprint density at radius 3 is 1.46 bits per heavy atom. The molecule has 0 N–H and O–H groups in total. The Kier molecular flexibility index (Phi) is 12.5. The Labute approximate surface area is 250 Å². The van der Waals surface area contributed by atoms with Gasteiger partial charge in [-0.2, -0.15) is 24.3 Å². The van der Waals surface area contributed by atoms with E-state index in [1.165, 1.54) is 21.5 Å². The quantitative estimate of drug-likeness (QED) is 0.120. The molecule has 1 atom stereocenters. The van der Waals surface area contributed by atoms with Crippen LogP contribution in [0.3, 0.4) is 0 Å². The summed E-state index contributed by atoms with van der Waals surface area (Å²) in [4.78, 5) is 0. The molecule has 0 bridgehead atoms. The van der Waals surface area contributed by atoms with Crippen LogP contribution in [0.25, 0.3) is 0 Å². The van der Waals surface area contributed by atoms with Gasteiger partial charge in [-0.25, -0.2) is 24.3 Å². The Morgan fingerprint density at radius 2 is 1.13 bits per heavy atom. The van der Waals surface area contributed by atoms with Crippen LogP contribution in [0, 0.1) is 0 Å². The summed E-state index contributed by atoms with van der Waals surface area (Å²) in [6.45, 7) is 16.9. The van der Waals surface area contributed by atoms with Crippen molar-refractivity contribution < 1.29 is 26.5 Å². The summed E-state index contributed by atoms with van der Waals surface area (Å²) in [6.07, 6.45) is 0. The van der Waals surface area contributed by atoms with Crippen LogP contribution in [0.4, 0.5) is 0 Å². The number of hydrogen-bond donors (Lipinski definition) is 0. The van der Waals surface area contributed by atoms with Crippen LogP contribution in [-0.2, 0) is 17.1 Å². The minimum atomic E-state index is -0.694. The van der Waals surface area contributed by atoms with Crippen LogP contribution in [-0.4, -0.2) is 24.5 Å². The molecule has 0 unspecified atom stereocenters. The zero-order valence-electron chi connectivity index (χ0n) is 24.9. The standard InChI is InChI=1S/C29H39O2P2.C5H5.Fe/c1-21(33(28(2,3)4)29(5,6)7)26-11-10-12-27(26)32(24-17-13-22(30-8)14-18-24)25-19-15-23(31-9)16-20-25;1-2-4-5-3-1;/h10-21H,1-9H3;1-5H;/q2*-1;+2/t21-;;/m1../s1. The van der Waals surface area contributed by atoms with Gasteiger partial charge >= 0.3 is 17.1 Å². The SMILES string of the molecule is COc1ccc(P(c2ccc(OC)cc2)c2ccc[c-]2[C@@H](C)P(C(C)(C)C)C(C)(C)C)cc1.[Fe+2].c1cc[cH-]c1. The van der Waals surface area contributed by atoms with Gasteiger partial charge in [-0.05, 0) is 58.8 Å². The molecule has 0 saturated heterocycles. The van der Waals surface area contributed by atoms with Crippen molar-refractivity contribution in [1.82, 2.24) is 0 Å². The van der Waals surface area contributed by atoms with Crippen LogP contribution >= 0.6 is 15.8 Å². The number of ether oxygens (including phenoxy) is 2. The summed E-state index contributed by atoms with van der Waals surface area (Å²) in [6, 6.07) is 34.2. The van der Waals surface area contributed by atoms with Gasteiger partial charge in [-0.15, -0.1) is 18.8 Å². The van der Waals surface area contributed by atoms with Crippen molar-refractivity contribution in [2.45, 2.75) is 64.4 Å². The first-order valence-electron chi connectivity index (χ1n) is 13.3. The molecule has 0 heterocycles. The van der Waals surface area contributed by atoms with Crippen molar-refractivity contribution in [3.05, 3.63) is 103 Å². The maximum Gasteiger partial charge on any atom is 2.00 e. The smallest absolute Gasteiger partial charge is 0.497 e. The maximum atomic E-state index is 5.44. The van der Waals surface area contributed by atoms with Gasteiger partial charge in [0.1, 0.15) is 11.5 Å². The molecule has 210 valence electrons. The topological polar surface area (TPSA) is 18.5 Å². The van der Waals surface area contributed by atoms with E-state index in [4.69, 9.17) is 9.47 Å². The normalized spacial score (nSPS) is 12.4. The van der Waals surface area contributed by atoms with E-state index in [1.54, 1.807) is 14.2 Å². The average Bonchev–Trinajstić information content (AvgIpc) is 3.59. The predicted octanol–water partition coefficient (Wildman–Crippen LogP) is 8.72. The molecule has 0 aliphatic heterocycles. The first-order chi connectivity index (χ1) is 18.0. The fourth-order valence-corrected chi connectivity index (χ4v) is 13.0. The summed E-state index contributed by atoms with van der Waals surface area (Å²) in [7, 11) is 2.47. The van der Waals surface area contributed by atoms with E-state index in [9.17, 15) is 0 Å². The minimum Gasteiger partial charge on any atom is -0.497 e. The molecule has 0 spiro atoms. The van der Waals surface area contributed by atoms with Gasteiger partial charge in [0.2, 0.25) is 0 Å². The molecule has 0 aliphatic rings. The molecule has 4 aromatic carbocycles. The van der Waals surface area contributed by atoms with E-state index in [2.05, 4.69) is 115 Å². The molecule has 4 rings (SSSR count). The van der Waals surface area contributed by atoms with E-state index in [0.717, 1.165) is 11.5 Å². The zero-order chi connectivity index (χ0) is 27.9. The third-order valence-electron chi connectivity index (χ3n) is 6.57. The summed E-state index contributed by atoms with van der Waals surface area (Å²) in [5.41, 5.74) is 2.01. The van der Waals surface area contributed by atoms with Crippen molar-refractivity contribution in [3.8, 4) is 11.5 Å². The summed E-state index contributed by atoms with van der Waals surface area (Å²) >= 11 is 0. The summed E-state index contributed by atoms with van der Waals surface area (Å²) in [5.74, 6) is 1.78. The second kappa shape index (κ2) is 14.7. The Balaban J connectivity index is 0.000000797. The minimum absolute atomic E-state index is 0. The fourth-order valence-electron chi connectivity index (χ4n) is 5.50. The van der Waals surface area contributed by atoms with Gasteiger partial charge in [0.25, 0.3) is 0 Å². The van der Waals surface area contributed by atoms with Gasteiger partial charge in [-0.1, -0.05) is 72.7 Å². The number of rotatable bonds is 7. The third kappa shape index (κ3) is 8.80. The van der Waals surface area contributed by atoms with Gasteiger partial charge < -0.3 is 9.47 Å². The average molecular weight is 603 g/mol. The molecular formula is C34H44FeO2P2. The second-order valence-corrected chi connectivity index (χ2v) is 17.8. The largest absolute Gasteiger partial charge is 2.00 e.